The average molecular weight is 342 g/mol. The molecule has 1 aliphatic rings. The molecule has 1 N–H and O–H groups in total. The number of nitrogens with zero attached hydrogens (tertiary/aromatic N) is 5. The third-order valence-corrected chi connectivity index (χ3v) is 4.69. The van der Waals surface area contributed by atoms with Crippen molar-refractivity contribution in [2.75, 3.05) is 13.1 Å². The summed E-state index contributed by atoms with van der Waals surface area (Å²) >= 11 is 0. The molecule has 3 heterocycles. The van der Waals surface area contributed by atoms with Gasteiger partial charge in [0.1, 0.15) is 6.33 Å². The average Bonchev–Trinajstić information content (AvgIpc) is 2.85. The predicted molar refractivity (Wildman–Crippen MR) is 98.9 cm³/mol. The molecule has 1 unspecified atom stereocenters. The van der Waals surface area contributed by atoms with E-state index < -0.39 is 0 Å². The number of rotatable bonds is 7. The van der Waals surface area contributed by atoms with Gasteiger partial charge in [-0.2, -0.15) is 5.10 Å². The van der Waals surface area contributed by atoms with Gasteiger partial charge in [0, 0.05) is 55.4 Å². The second-order valence-corrected chi connectivity index (χ2v) is 7.45. The van der Waals surface area contributed by atoms with E-state index >= 15 is 0 Å². The SMILES string of the molecule is CC(C)Cn1cc(CN(Cc2cncnc2)C2CCCNCC2)cn1. The van der Waals surface area contributed by atoms with Crippen molar-refractivity contribution in [1.29, 1.82) is 0 Å². The lowest BCUT2D eigenvalue weighted by Crippen LogP contribution is -2.35. The van der Waals surface area contributed by atoms with E-state index in [2.05, 4.69) is 50.0 Å². The molecule has 0 amide bonds. The van der Waals surface area contributed by atoms with Crippen molar-refractivity contribution in [2.45, 2.75) is 58.8 Å². The van der Waals surface area contributed by atoms with E-state index in [1.54, 1.807) is 6.33 Å². The molecule has 0 radical (unpaired) electrons. The van der Waals surface area contributed by atoms with Crippen molar-refractivity contribution in [1.82, 2.24) is 30.0 Å². The van der Waals surface area contributed by atoms with Gasteiger partial charge in [-0.3, -0.25) is 9.58 Å². The molecule has 136 valence electrons. The Balaban J connectivity index is 1.71. The van der Waals surface area contributed by atoms with Crippen LogP contribution in [0.3, 0.4) is 0 Å². The summed E-state index contributed by atoms with van der Waals surface area (Å²) in [7, 11) is 0. The first kappa shape index (κ1) is 18.0. The van der Waals surface area contributed by atoms with Gasteiger partial charge in [-0.25, -0.2) is 9.97 Å². The molecule has 6 heteroatoms. The fourth-order valence-electron chi connectivity index (χ4n) is 3.52. The summed E-state index contributed by atoms with van der Waals surface area (Å²) in [4.78, 5) is 10.9. The summed E-state index contributed by atoms with van der Waals surface area (Å²) in [6.07, 6.45) is 13.3. The minimum atomic E-state index is 0.587. The highest BCUT2D eigenvalue weighted by molar-refractivity contribution is 5.07. The van der Waals surface area contributed by atoms with Gasteiger partial charge < -0.3 is 5.32 Å². The van der Waals surface area contributed by atoms with Gasteiger partial charge in [0.15, 0.2) is 0 Å². The zero-order valence-corrected chi connectivity index (χ0v) is 15.4. The molecular formula is C19H30N6. The van der Waals surface area contributed by atoms with Crippen LogP contribution >= 0.6 is 0 Å². The Morgan fingerprint density at radius 2 is 1.92 bits per heavy atom. The van der Waals surface area contributed by atoms with Gasteiger partial charge in [-0.15, -0.1) is 0 Å². The van der Waals surface area contributed by atoms with Crippen LogP contribution in [0.4, 0.5) is 0 Å². The molecule has 0 spiro atoms. The smallest absolute Gasteiger partial charge is 0.115 e. The highest BCUT2D eigenvalue weighted by atomic mass is 15.3. The fourth-order valence-corrected chi connectivity index (χ4v) is 3.52. The van der Waals surface area contributed by atoms with Gasteiger partial charge >= 0.3 is 0 Å². The van der Waals surface area contributed by atoms with Gasteiger partial charge in [0.2, 0.25) is 0 Å². The summed E-state index contributed by atoms with van der Waals surface area (Å²) in [5.41, 5.74) is 2.46. The topological polar surface area (TPSA) is 58.9 Å². The normalized spacial score (nSPS) is 18.6. The maximum absolute atomic E-state index is 4.53. The summed E-state index contributed by atoms with van der Waals surface area (Å²) < 4.78 is 2.07. The van der Waals surface area contributed by atoms with Crippen LogP contribution in [0.2, 0.25) is 0 Å². The van der Waals surface area contributed by atoms with Crippen LogP contribution in [0.5, 0.6) is 0 Å². The third kappa shape index (κ3) is 5.61. The summed E-state index contributed by atoms with van der Waals surface area (Å²) in [5, 5.41) is 8.05. The second kappa shape index (κ2) is 9.06. The van der Waals surface area contributed by atoms with E-state index in [1.165, 1.54) is 30.4 Å². The van der Waals surface area contributed by atoms with E-state index in [4.69, 9.17) is 0 Å². The minimum Gasteiger partial charge on any atom is -0.317 e. The molecule has 1 atom stereocenters. The van der Waals surface area contributed by atoms with Gasteiger partial charge in [0.25, 0.3) is 0 Å². The van der Waals surface area contributed by atoms with E-state index in [1.807, 2.05) is 18.6 Å². The Bertz CT molecular complexity index is 616. The van der Waals surface area contributed by atoms with Crippen LogP contribution in [0.1, 0.15) is 44.2 Å². The fraction of sp³-hybridized carbons (Fsp3) is 0.632. The van der Waals surface area contributed by atoms with Crippen LogP contribution in [-0.4, -0.2) is 43.8 Å². The number of nitrogens with one attached hydrogen (secondary N) is 1. The van der Waals surface area contributed by atoms with Crippen molar-refractivity contribution >= 4 is 0 Å². The van der Waals surface area contributed by atoms with Crippen molar-refractivity contribution in [3.63, 3.8) is 0 Å². The molecule has 6 nitrogen and oxygen atoms in total. The van der Waals surface area contributed by atoms with Crippen LogP contribution in [0.15, 0.2) is 31.1 Å². The first-order valence-electron chi connectivity index (χ1n) is 9.40. The van der Waals surface area contributed by atoms with Crippen molar-refractivity contribution in [2.24, 2.45) is 5.92 Å². The van der Waals surface area contributed by atoms with E-state index in [-0.39, 0.29) is 0 Å². The monoisotopic (exact) mass is 342 g/mol. The highest BCUT2D eigenvalue weighted by Crippen LogP contribution is 2.19. The maximum Gasteiger partial charge on any atom is 0.115 e. The Labute approximate surface area is 150 Å². The summed E-state index contributed by atoms with van der Waals surface area (Å²) in [6, 6.07) is 0.587. The molecule has 25 heavy (non-hydrogen) atoms. The first-order valence-corrected chi connectivity index (χ1v) is 9.40. The molecule has 1 aliphatic heterocycles. The van der Waals surface area contributed by atoms with E-state index in [0.29, 0.717) is 12.0 Å². The Hall–Kier alpha value is -1.79. The Kier molecular flexibility index (Phi) is 6.53. The van der Waals surface area contributed by atoms with Crippen LogP contribution in [-0.2, 0) is 19.6 Å². The largest absolute Gasteiger partial charge is 0.317 e. The molecule has 2 aromatic rings. The van der Waals surface area contributed by atoms with E-state index in [9.17, 15) is 0 Å². The van der Waals surface area contributed by atoms with Gasteiger partial charge in [-0.1, -0.05) is 13.8 Å². The third-order valence-electron chi connectivity index (χ3n) is 4.69. The Morgan fingerprint density at radius 1 is 1.12 bits per heavy atom. The lowest BCUT2D eigenvalue weighted by atomic mass is 10.1. The van der Waals surface area contributed by atoms with Crippen molar-refractivity contribution in [3.8, 4) is 0 Å². The zero-order valence-electron chi connectivity index (χ0n) is 15.4. The molecular weight excluding hydrogens is 312 g/mol. The van der Waals surface area contributed by atoms with Gasteiger partial charge in [-0.05, 0) is 38.3 Å². The summed E-state index contributed by atoms with van der Waals surface area (Å²) in [5.74, 6) is 0.609. The molecule has 0 aliphatic carbocycles. The van der Waals surface area contributed by atoms with Crippen LogP contribution < -0.4 is 5.32 Å². The molecule has 1 saturated heterocycles. The number of hydrogen-bond acceptors (Lipinski definition) is 5. The number of hydrogen-bond donors (Lipinski definition) is 1. The van der Waals surface area contributed by atoms with Crippen LogP contribution in [0, 0.1) is 5.92 Å². The van der Waals surface area contributed by atoms with Crippen LogP contribution in [0.25, 0.3) is 0 Å². The van der Waals surface area contributed by atoms with Crippen molar-refractivity contribution < 1.29 is 0 Å². The molecule has 0 bridgehead atoms. The molecule has 2 aromatic heterocycles. The second-order valence-electron chi connectivity index (χ2n) is 7.45. The first-order chi connectivity index (χ1) is 12.2. The predicted octanol–water partition coefficient (Wildman–Crippen LogP) is 2.47. The Morgan fingerprint density at radius 3 is 2.72 bits per heavy atom. The van der Waals surface area contributed by atoms with Gasteiger partial charge in [0.05, 0.1) is 6.20 Å². The molecule has 3 rings (SSSR count). The molecule has 0 aromatic carbocycles. The standard InChI is InChI=1S/C19H30N6/c1-16(2)11-25-14-18(10-23-25)13-24(12-17-8-21-15-22-9-17)19-4-3-6-20-7-5-19/h8-10,14-16,19-20H,3-7,11-13H2,1-2H3. The minimum absolute atomic E-state index is 0.587. The molecule has 0 saturated carbocycles. The van der Waals surface area contributed by atoms with Crippen molar-refractivity contribution in [3.05, 3.63) is 42.2 Å². The quantitative estimate of drug-likeness (QED) is 0.838. The lowest BCUT2D eigenvalue weighted by molar-refractivity contribution is 0.164. The zero-order chi connectivity index (χ0) is 17.5. The highest BCUT2D eigenvalue weighted by Gasteiger charge is 2.21. The maximum atomic E-state index is 4.53. The molecule has 1 fully saturated rings. The van der Waals surface area contributed by atoms with E-state index in [0.717, 1.165) is 32.7 Å². The summed E-state index contributed by atoms with van der Waals surface area (Å²) in [6.45, 7) is 9.46. The number of aromatic nitrogens is 4. The lowest BCUT2D eigenvalue weighted by Gasteiger charge is -2.30.